The number of thiophene rings is 1. The largest absolute Gasteiger partial charge is 0.385 e. The van der Waals surface area contributed by atoms with Gasteiger partial charge >= 0.3 is 0 Å². The normalized spacial score (nSPS) is 17.3. The lowest BCUT2D eigenvalue weighted by Crippen LogP contribution is -2.49. The molecule has 2 aromatic carbocycles. The van der Waals surface area contributed by atoms with Crippen LogP contribution in [0.4, 0.5) is 14.5 Å². The van der Waals surface area contributed by atoms with Gasteiger partial charge in [-0.15, -0.1) is 11.3 Å². The number of rotatable bonds is 15. The summed E-state index contributed by atoms with van der Waals surface area (Å²) >= 11 is 1.42. The maximum absolute atomic E-state index is 14.5. The van der Waals surface area contributed by atoms with Crippen LogP contribution in [0.3, 0.4) is 0 Å². The molecule has 0 saturated carbocycles. The maximum atomic E-state index is 14.5. The third-order valence-electron chi connectivity index (χ3n) is 12.6. The van der Waals surface area contributed by atoms with E-state index in [9.17, 15) is 43.0 Å². The van der Waals surface area contributed by atoms with Gasteiger partial charge in [0.05, 0.1) is 18.7 Å². The smallest absolute Gasteiger partial charge is 0.264 e. The van der Waals surface area contributed by atoms with E-state index in [1.54, 1.807) is 37.1 Å². The summed E-state index contributed by atoms with van der Waals surface area (Å²) in [6.45, 7) is 5.10. The number of amidine groups is 1. The summed E-state index contributed by atoms with van der Waals surface area (Å²) in [6, 6.07) is 10.2. The quantitative estimate of drug-likeness (QED) is 0.107. The number of likely N-dealkylation sites (tertiary alicyclic amines) is 1. The Morgan fingerprint density at radius 1 is 0.984 bits per heavy atom. The topological polar surface area (TPSA) is 167 Å². The van der Waals surface area contributed by atoms with Gasteiger partial charge in [0.15, 0.2) is 6.29 Å². The lowest BCUT2D eigenvalue weighted by atomic mass is 9.93. The molecule has 0 bridgehead atoms. The maximum Gasteiger partial charge on any atom is 0.264 e. The number of carbonyl (C=O) groups excluding carboxylic acids is 6. The number of piperidine rings is 1. The molecule has 1 fully saturated rings. The first-order valence-corrected chi connectivity index (χ1v) is 21.9. The zero-order valence-electron chi connectivity index (χ0n) is 35.0. The fourth-order valence-corrected chi connectivity index (χ4v) is 9.69. The minimum absolute atomic E-state index is 0.0227. The zero-order valence-corrected chi connectivity index (χ0v) is 35.8. The molecule has 5 heterocycles. The van der Waals surface area contributed by atoms with Crippen LogP contribution >= 0.6 is 11.3 Å². The molecule has 7 rings (SSSR count). The highest BCUT2D eigenvalue weighted by Gasteiger charge is 2.33. The number of anilines is 1. The predicted octanol–water partition coefficient (Wildman–Crippen LogP) is 5.12. The summed E-state index contributed by atoms with van der Waals surface area (Å²) in [5.41, 5.74) is 5.75. The molecule has 1 unspecified atom stereocenters. The molecule has 62 heavy (non-hydrogen) atoms. The van der Waals surface area contributed by atoms with Crippen LogP contribution in [0.15, 0.2) is 53.0 Å². The van der Waals surface area contributed by atoms with Crippen LogP contribution in [0.5, 0.6) is 0 Å². The molecule has 0 aliphatic carbocycles. The molecule has 1 atom stereocenters. The van der Waals surface area contributed by atoms with Crippen LogP contribution in [-0.4, -0.2) is 121 Å². The van der Waals surface area contributed by atoms with Gasteiger partial charge in [-0.3, -0.25) is 44.4 Å². The van der Waals surface area contributed by atoms with Crippen molar-refractivity contribution in [2.45, 2.75) is 83.5 Å². The van der Waals surface area contributed by atoms with Crippen molar-refractivity contribution in [2.75, 3.05) is 51.2 Å². The van der Waals surface area contributed by atoms with Gasteiger partial charge in [-0.25, -0.2) is 8.78 Å². The van der Waals surface area contributed by atoms with Crippen molar-refractivity contribution in [3.8, 4) is 10.4 Å². The van der Waals surface area contributed by atoms with E-state index in [1.165, 1.54) is 16.2 Å². The first-order chi connectivity index (χ1) is 29.9. The highest BCUT2D eigenvalue weighted by molar-refractivity contribution is 7.13. The van der Waals surface area contributed by atoms with Gasteiger partial charge in [0.1, 0.15) is 5.84 Å². The van der Waals surface area contributed by atoms with Gasteiger partial charge < -0.3 is 24.9 Å². The van der Waals surface area contributed by atoms with Crippen molar-refractivity contribution in [1.29, 1.82) is 5.41 Å². The van der Waals surface area contributed by atoms with Gasteiger partial charge in [0.25, 0.3) is 12.3 Å². The molecule has 4 aliphatic rings. The van der Waals surface area contributed by atoms with E-state index in [-0.39, 0.29) is 65.9 Å². The van der Waals surface area contributed by atoms with E-state index in [4.69, 9.17) is 0 Å². The van der Waals surface area contributed by atoms with Gasteiger partial charge in [-0.05, 0) is 91.4 Å². The van der Waals surface area contributed by atoms with Crippen molar-refractivity contribution >= 4 is 59.7 Å². The molecule has 328 valence electrons. The average Bonchev–Trinajstić information content (AvgIpc) is 3.97. The first kappa shape index (κ1) is 44.3. The fraction of sp³-hybridized carbons (Fsp3) is 0.444. The van der Waals surface area contributed by atoms with Crippen molar-refractivity contribution in [2.24, 2.45) is 0 Å². The Balaban J connectivity index is 0.973. The second-order valence-electron chi connectivity index (χ2n) is 16.5. The molecule has 14 nitrogen and oxygen atoms in total. The van der Waals surface area contributed by atoms with E-state index in [2.05, 4.69) is 10.6 Å². The summed E-state index contributed by atoms with van der Waals surface area (Å²) in [4.78, 5) is 83.0. The zero-order chi connectivity index (χ0) is 44.1. The number of imide groups is 1. The number of fused-ring (bicyclic) bond motifs is 2. The second-order valence-corrected chi connectivity index (χ2v) is 17.4. The molecule has 17 heteroatoms. The predicted molar refractivity (Wildman–Crippen MR) is 231 cm³/mol. The molecule has 0 radical (unpaired) electrons. The second kappa shape index (κ2) is 19.5. The Bertz CT molecular complexity index is 2260. The number of alkyl halides is 2. The van der Waals surface area contributed by atoms with Crippen molar-refractivity contribution < 1.29 is 37.5 Å². The van der Waals surface area contributed by atoms with Crippen LogP contribution in [0.25, 0.3) is 10.4 Å². The Morgan fingerprint density at radius 2 is 1.74 bits per heavy atom. The van der Waals surface area contributed by atoms with E-state index < -0.39 is 12.3 Å². The molecule has 4 aliphatic heterocycles. The summed E-state index contributed by atoms with van der Waals surface area (Å²) in [5.74, 6) is -0.625. The summed E-state index contributed by atoms with van der Waals surface area (Å²) in [6.07, 6.45) is 2.79. The molecule has 3 aromatic rings. The van der Waals surface area contributed by atoms with E-state index in [1.807, 2.05) is 38.3 Å². The molecular formula is C45H52F2N8O6S. The van der Waals surface area contributed by atoms with Gasteiger partial charge in [-0.2, -0.15) is 0 Å². The van der Waals surface area contributed by atoms with Gasteiger partial charge in [0, 0.05) is 110 Å². The number of amides is 5. The molecule has 1 aromatic heterocycles. The highest BCUT2D eigenvalue weighted by atomic mass is 32.1. The molecule has 1 saturated heterocycles. The lowest BCUT2D eigenvalue weighted by Gasteiger charge is -2.39. The Kier molecular flexibility index (Phi) is 13.9. The van der Waals surface area contributed by atoms with Gasteiger partial charge in [-0.1, -0.05) is 6.07 Å². The van der Waals surface area contributed by atoms with Crippen LogP contribution in [0, 0.1) is 5.41 Å². The van der Waals surface area contributed by atoms with E-state index in [0.717, 1.165) is 40.1 Å². The average molecular weight is 871 g/mol. The summed E-state index contributed by atoms with van der Waals surface area (Å²) in [7, 11) is 1.61. The van der Waals surface area contributed by atoms with Crippen molar-refractivity contribution in [3.05, 3.63) is 86.4 Å². The number of aryl methyl sites for hydroxylation is 1. The number of hydrogen-bond donors (Lipinski definition) is 3. The number of nitrogens with one attached hydrogen (secondary N) is 3. The Hall–Kier alpha value is -5.81. The number of carbonyl (C=O) groups is 6. The van der Waals surface area contributed by atoms with E-state index in [0.29, 0.717) is 101 Å². The van der Waals surface area contributed by atoms with E-state index >= 15 is 0 Å². The number of benzene rings is 2. The number of aldehydes is 1. The number of nitrogens with zero attached hydrogens (tertiary/aromatic N) is 5. The molecule has 5 amide bonds. The highest BCUT2D eigenvalue weighted by Crippen LogP contribution is 2.41. The monoisotopic (exact) mass is 870 g/mol. The van der Waals surface area contributed by atoms with Crippen LogP contribution < -0.4 is 15.5 Å². The minimum Gasteiger partial charge on any atom is -0.385 e. The summed E-state index contributed by atoms with van der Waals surface area (Å²) in [5, 5.41) is 17.1. The van der Waals surface area contributed by atoms with Crippen LogP contribution in [0.2, 0.25) is 0 Å². The molecule has 3 N–H and O–H groups in total. The SMILES string of the molecule is CC(CCC(=O)NC=O)N(C)C(=O)c1cc2c(cc1C=O)CN(CC(=O)N1CCC(NC3=C(C(=N)N4CCCc5cc(-c6cccs6)c(C(F)F)cc54)CN(C=O)CC3)CC1)C2. The third kappa shape index (κ3) is 9.63. The van der Waals surface area contributed by atoms with Crippen LogP contribution in [0.1, 0.15) is 94.8 Å². The first-order valence-electron chi connectivity index (χ1n) is 21.0. The lowest BCUT2D eigenvalue weighted by molar-refractivity contribution is -0.133. The number of hydrogen-bond acceptors (Lipinski definition) is 10. The van der Waals surface area contributed by atoms with Gasteiger partial charge in [0.2, 0.25) is 24.6 Å². The Morgan fingerprint density at radius 3 is 2.42 bits per heavy atom. The molecular weight excluding hydrogens is 819 g/mol. The van der Waals surface area contributed by atoms with Crippen LogP contribution in [-0.2, 0) is 38.7 Å². The minimum atomic E-state index is -2.69. The standard InChI is InChI=1S/C45H52F2N8O6S/c1-28(7-8-41(59)49-26-57)51(2)45(61)34-19-31-22-53(21-30(31)17-32(34)25-56)24-42(60)54-14-9-33(10-15-54)50-38-11-13-52(27-58)23-37(38)44(48)55-12-3-5-29-18-35(40-6-4-16-62-40)36(43(46)47)20-39(29)55/h4,6,16-20,25-28,33,43,48,50H,3,5,7-15,21-24H2,1-2H3,(H,49,57,59). The van der Waals surface area contributed by atoms with Crippen molar-refractivity contribution in [3.63, 3.8) is 0 Å². The number of halogens is 2. The fourth-order valence-electron chi connectivity index (χ4n) is 8.93. The summed E-state index contributed by atoms with van der Waals surface area (Å²) < 4.78 is 29.0. The third-order valence-corrected chi connectivity index (χ3v) is 13.5. The molecule has 0 spiro atoms. The Labute approximate surface area is 363 Å². The van der Waals surface area contributed by atoms with Crippen molar-refractivity contribution in [1.82, 2.24) is 30.2 Å².